The molecule has 3 N–H and O–H groups in total. The highest BCUT2D eigenvalue weighted by Gasteiger charge is 2.51. The van der Waals surface area contributed by atoms with Crippen molar-refractivity contribution in [3.8, 4) is 0 Å². The molecule has 1 heterocycles. The number of benzene rings is 1. The van der Waals surface area contributed by atoms with Gasteiger partial charge in [0.15, 0.2) is 0 Å². The topological polar surface area (TPSA) is 50.9 Å². The Morgan fingerprint density at radius 3 is 2.55 bits per heavy atom. The highest BCUT2D eigenvalue weighted by Crippen LogP contribution is 2.56. The lowest BCUT2D eigenvalue weighted by atomic mass is 9.84. The van der Waals surface area contributed by atoms with E-state index in [0.717, 1.165) is 11.1 Å². The molecule has 1 aromatic heterocycles. The maximum Gasteiger partial charge on any atom is 0.128 e. The Hall–Kier alpha value is -1.87. The molecule has 0 aliphatic heterocycles. The van der Waals surface area contributed by atoms with Gasteiger partial charge in [0.2, 0.25) is 0 Å². The third-order valence-corrected chi connectivity index (χ3v) is 4.38. The van der Waals surface area contributed by atoms with Gasteiger partial charge in [-0.15, -0.1) is 0 Å². The molecule has 1 atom stereocenters. The van der Waals surface area contributed by atoms with Gasteiger partial charge in [-0.2, -0.15) is 0 Å². The number of rotatable bonds is 4. The Morgan fingerprint density at radius 2 is 1.95 bits per heavy atom. The van der Waals surface area contributed by atoms with Crippen molar-refractivity contribution < 1.29 is 0 Å². The molecular formula is C17H21N3. The molecule has 1 aromatic carbocycles. The number of nitrogens with two attached hydrogens (primary N) is 1. The van der Waals surface area contributed by atoms with Crippen LogP contribution in [-0.4, -0.2) is 12.0 Å². The summed E-state index contributed by atoms with van der Waals surface area (Å²) in [6.45, 7) is 2.06. The number of hydrogen-bond donors (Lipinski definition) is 2. The number of nitrogens with zero attached hydrogens (tertiary/aromatic N) is 1. The summed E-state index contributed by atoms with van der Waals surface area (Å²) in [5.74, 6) is 0.636. The molecular weight excluding hydrogens is 246 g/mol. The van der Waals surface area contributed by atoms with Crippen LogP contribution in [0, 0.1) is 6.92 Å². The van der Waals surface area contributed by atoms with Gasteiger partial charge in [-0.05, 0) is 44.0 Å². The van der Waals surface area contributed by atoms with Crippen molar-refractivity contribution in [3.63, 3.8) is 0 Å². The van der Waals surface area contributed by atoms with E-state index in [1.807, 2.05) is 13.2 Å². The van der Waals surface area contributed by atoms with Crippen molar-refractivity contribution in [2.75, 3.05) is 12.8 Å². The first kappa shape index (κ1) is 13.1. The van der Waals surface area contributed by atoms with Crippen LogP contribution in [0.4, 0.5) is 5.82 Å². The monoisotopic (exact) mass is 267 g/mol. The lowest BCUT2D eigenvalue weighted by molar-refractivity contribution is 0.463. The molecule has 3 heteroatoms. The molecule has 20 heavy (non-hydrogen) atoms. The molecule has 0 amide bonds. The molecule has 0 saturated heterocycles. The van der Waals surface area contributed by atoms with Gasteiger partial charge in [-0.3, -0.25) is 0 Å². The summed E-state index contributed by atoms with van der Waals surface area (Å²) in [6, 6.07) is 13.1. The number of anilines is 1. The van der Waals surface area contributed by atoms with Crippen LogP contribution in [0.5, 0.6) is 0 Å². The van der Waals surface area contributed by atoms with Crippen LogP contribution in [0.2, 0.25) is 0 Å². The molecule has 2 aromatic rings. The zero-order valence-electron chi connectivity index (χ0n) is 12.1. The maximum atomic E-state index is 6.12. The van der Waals surface area contributed by atoms with Crippen LogP contribution in [0.25, 0.3) is 0 Å². The Labute approximate surface area is 120 Å². The Morgan fingerprint density at radius 1 is 1.25 bits per heavy atom. The van der Waals surface area contributed by atoms with E-state index in [-0.39, 0.29) is 11.5 Å². The van der Waals surface area contributed by atoms with Crippen molar-refractivity contribution >= 4 is 5.82 Å². The summed E-state index contributed by atoms with van der Waals surface area (Å²) < 4.78 is 0. The third-order valence-electron chi connectivity index (χ3n) is 4.38. The predicted octanol–water partition coefficient (Wildman–Crippen LogP) is 2.96. The minimum atomic E-state index is 0.166. The van der Waals surface area contributed by atoms with E-state index in [1.165, 1.54) is 18.4 Å². The van der Waals surface area contributed by atoms with Crippen molar-refractivity contribution in [2.45, 2.75) is 31.2 Å². The van der Waals surface area contributed by atoms with Crippen molar-refractivity contribution in [1.82, 2.24) is 10.3 Å². The van der Waals surface area contributed by atoms with Crippen molar-refractivity contribution in [1.29, 1.82) is 0 Å². The van der Waals surface area contributed by atoms with E-state index >= 15 is 0 Å². The van der Waals surface area contributed by atoms with Crippen LogP contribution >= 0.6 is 0 Å². The van der Waals surface area contributed by atoms with Gasteiger partial charge < -0.3 is 11.1 Å². The fraction of sp³-hybridized carbons (Fsp3) is 0.353. The van der Waals surface area contributed by atoms with Crippen LogP contribution in [-0.2, 0) is 5.41 Å². The summed E-state index contributed by atoms with van der Waals surface area (Å²) >= 11 is 0. The first-order valence-electron chi connectivity index (χ1n) is 7.12. The molecule has 3 rings (SSSR count). The molecule has 1 unspecified atom stereocenters. The normalized spacial score (nSPS) is 17.7. The van der Waals surface area contributed by atoms with E-state index in [0.29, 0.717) is 5.82 Å². The quantitative estimate of drug-likeness (QED) is 0.895. The second-order valence-electron chi connectivity index (χ2n) is 5.73. The van der Waals surface area contributed by atoms with Crippen LogP contribution in [0.15, 0.2) is 42.6 Å². The first-order chi connectivity index (χ1) is 9.67. The Balaban J connectivity index is 2.04. The highest BCUT2D eigenvalue weighted by molar-refractivity contribution is 5.48. The Kier molecular flexibility index (Phi) is 3.22. The number of nitrogen functional groups attached to an aromatic ring is 1. The van der Waals surface area contributed by atoms with E-state index in [1.54, 1.807) is 0 Å². The SMILES string of the molecule is CNC(c1cc(C)cnc1N)C1(c2ccccc2)CC1. The predicted molar refractivity (Wildman–Crippen MR) is 82.5 cm³/mol. The second-order valence-corrected chi connectivity index (χ2v) is 5.73. The smallest absolute Gasteiger partial charge is 0.128 e. The molecule has 1 fully saturated rings. The zero-order valence-corrected chi connectivity index (χ0v) is 12.1. The summed E-state index contributed by atoms with van der Waals surface area (Å²) in [5, 5.41) is 3.47. The van der Waals surface area contributed by atoms with Crippen molar-refractivity contribution in [3.05, 3.63) is 59.3 Å². The fourth-order valence-electron chi connectivity index (χ4n) is 3.21. The maximum absolute atomic E-state index is 6.12. The van der Waals surface area contributed by atoms with Crippen LogP contribution in [0.3, 0.4) is 0 Å². The van der Waals surface area contributed by atoms with E-state index in [9.17, 15) is 0 Å². The number of nitrogens with one attached hydrogen (secondary N) is 1. The number of hydrogen-bond acceptors (Lipinski definition) is 3. The molecule has 1 aliphatic carbocycles. The number of likely N-dealkylation sites (N-methyl/N-ethyl adjacent to an activating group) is 1. The van der Waals surface area contributed by atoms with E-state index in [4.69, 9.17) is 5.73 Å². The molecule has 3 nitrogen and oxygen atoms in total. The summed E-state index contributed by atoms with van der Waals surface area (Å²) in [4.78, 5) is 4.32. The minimum absolute atomic E-state index is 0.166. The number of aromatic nitrogens is 1. The molecule has 1 saturated carbocycles. The number of aryl methyl sites for hydroxylation is 1. The molecule has 104 valence electrons. The van der Waals surface area contributed by atoms with Gasteiger partial charge in [0.25, 0.3) is 0 Å². The highest BCUT2D eigenvalue weighted by atomic mass is 14.9. The first-order valence-corrected chi connectivity index (χ1v) is 7.12. The van der Waals surface area contributed by atoms with Gasteiger partial charge in [0.1, 0.15) is 5.82 Å². The summed E-state index contributed by atoms with van der Waals surface area (Å²) in [6.07, 6.45) is 4.21. The summed E-state index contributed by atoms with van der Waals surface area (Å²) in [7, 11) is 2.01. The minimum Gasteiger partial charge on any atom is -0.383 e. The fourth-order valence-corrected chi connectivity index (χ4v) is 3.21. The average molecular weight is 267 g/mol. The van der Waals surface area contributed by atoms with Gasteiger partial charge in [-0.25, -0.2) is 4.98 Å². The lowest BCUT2D eigenvalue weighted by Crippen LogP contribution is -2.30. The van der Waals surface area contributed by atoms with Gasteiger partial charge >= 0.3 is 0 Å². The average Bonchev–Trinajstić information content (AvgIpc) is 3.26. The zero-order chi connectivity index (χ0) is 14.2. The third kappa shape index (κ3) is 2.08. The molecule has 1 aliphatic rings. The summed E-state index contributed by atoms with van der Waals surface area (Å²) in [5.41, 5.74) is 9.94. The number of pyridine rings is 1. The van der Waals surface area contributed by atoms with Gasteiger partial charge in [0, 0.05) is 23.2 Å². The standard InChI is InChI=1S/C17H21N3/c1-12-10-14(16(18)20-11-12)15(19-2)17(8-9-17)13-6-4-3-5-7-13/h3-7,10-11,15,19H,8-9H2,1-2H3,(H2,18,20). The molecule has 0 bridgehead atoms. The van der Waals surface area contributed by atoms with Crippen LogP contribution in [0.1, 0.15) is 35.6 Å². The second kappa shape index (κ2) is 4.91. The van der Waals surface area contributed by atoms with E-state index in [2.05, 4.69) is 53.6 Å². The van der Waals surface area contributed by atoms with Crippen molar-refractivity contribution in [2.24, 2.45) is 0 Å². The lowest BCUT2D eigenvalue weighted by Gasteiger charge is -2.28. The molecule has 0 spiro atoms. The largest absolute Gasteiger partial charge is 0.383 e. The Bertz CT molecular complexity index is 603. The molecule has 0 radical (unpaired) electrons. The van der Waals surface area contributed by atoms with Gasteiger partial charge in [-0.1, -0.05) is 30.3 Å². The van der Waals surface area contributed by atoms with Gasteiger partial charge in [0.05, 0.1) is 0 Å². The van der Waals surface area contributed by atoms with Crippen LogP contribution < -0.4 is 11.1 Å². The van der Waals surface area contributed by atoms with E-state index < -0.39 is 0 Å².